The lowest BCUT2D eigenvalue weighted by Gasteiger charge is -2.39. The van der Waals surface area contributed by atoms with Crippen molar-refractivity contribution in [3.8, 4) is 0 Å². The molecule has 1 fully saturated rings. The zero-order valence-electron chi connectivity index (χ0n) is 9.72. The summed E-state index contributed by atoms with van der Waals surface area (Å²) < 4.78 is 24.0. The first-order valence-corrected chi connectivity index (χ1v) is 5.47. The van der Waals surface area contributed by atoms with Gasteiger partial charge in [0.2, 0.25) is 5.91 Å². The van der Waals surface area contributed by atoms with E-state index in [0.717, 1.165) is 26.2 Å². The maximum atomic E-state index is 12.0. The number of rotatable bonds is 4. The van der Waals surface area contributed by atoms with Crippen LogP contribution < -0.4 is 10.6 Å². The molecule has 0 aromatic rings. The molecule has 0 bridgehead atoms. The van der Waals surface area contributed by atoms with E-state index in [1.54, 1.807) is 13.8 Å². The average Bonchev–Trinajstić information content (AvgIpc) is 2.27. The molecule has 0 aromatic heterocycles. The zero-order chi connectivity index (χ0) is 12.2. The third kappa shape index (κ3) is 3.38. The number of alkyl halides is 2. The molecule has 6 heteroatoms. The van der Waals surface area contributed by atoms with Crippen LogP contribution in [0.25, 0.3) is 0 Å². The standard InChI is InChI=1S/C10H19F2N3O/c1-10(2,9(16)14-7-8(11)12)15-5-3-13-4-6-15/h8,13H,3-7H2,1-2H3,(H,14,16). The summed E-state index contributed by atoms with van der Waals surface area (Å²) in [7, 11) is 0. The predicted octanol–water partition coefficient (Wildman–Crippen LogP) is 0.0515. The molecule has 0 saturated carbocycles. The molecule has 4 nitrogen and oxygen atoms in total. The average molecular weight is 235 g/mol. The van der Waals surface area contributed by atoms with E-state index in [2.05, 4.69) is 10.6 Å². The first-order valence-electron chi connectivity index (χ1n) is 5.47. The Morgan fingerprint density at radius 2 is 2.00 bits per heavy atom. The van der Waals surface area contributed by atoms with Gasteiger partial charge < -0.3 is 10.6 Å². The first kappa shape index (κ1) is 13.3. The second-order valence-corrected chi connectivity index (χ2v) is 4.40. The Labute approximate surface area is 94.4 Å². The van der Waals surface area contributed by atoms with E-state index < -0.39 is 18.5 Å². The number of halogens is 2. The minimum absolute atomic E-state index is 0.338. The number of hydrogen-bond acceptors (Lipinski definition) is 3. The minimum Gasteiger partial charge on any atom is -0.349 e. The summed E-state index contributed by atoms with van der Waals surface area (Å²) in [4.78, 5) is 13.8. The number of nitrogens with one attached hydrogen (secondary N) is 2. The fraction of sp³-hybridized carbons (Fsp3) is 0.900. The smallest absolute Gasteiger partial charge is 0.255 e. The van der Waals surface area contributed by atoms with Crippen molar-refractivity contribution in [2.45, 2.75) is 25.8 Å². The van der Waals surface area contributed by atoms with E-state index >= 15 is 0 Å². The fourth-order valence-corrected chi connectivity index (χ4v) is 1.75. The molecule has 1 aliphatic rings. The van der Waals surface area contributed by atoms with Crippen LogP contribution in [0, 0.1) is 0 Å². The molecule has 1 rings (SSSR count). The lowest BCUT2D eigenvalue weighted by molar-refractivity contribution is -0.132. The molecule has 16 heavy (non-hydrogen) atoms. The fourth-order valence-electron chi connectivity index (χ4n) is 1.75. The maximum absolute atomic E-state index is 12.0. The number of carbonyl (C=O) groups is 1. The zero-order valence-corrected chi connectivity index (χ0v) is 9.72. The van der Waals surface area contributed by atoms with Crippen LogP contribution in [0.15, 0.2) is 0 Å². The van der Waals surface area contributed by atoms with E-state index in [1.807, 2.05) is 4.90 Å². The van der Waals surface area contributed by atoms with Crippen molar-refractivity contribution in [2.75, 3.05) is 32.7 Å². The van der Waals surface area contributed by atoms with Crippen molar-refractivity contribution in [3.63, 3.8) is 0 Å². The van der Waals surface area contributed by atoms with Gasteiger partial charge in [-0.15, -0.1) is 0 Å². The molecule has 1 amide bonds. The maximum Gasteiger partial charge on any atom is 0.255 e. The third-order valence-electron chi connectivity index (χ3n) is 2.88. The summed E-state index contributed by atoms with van der Waals surface area (Å²) in [6.45, 7) is 6.12. The molecule has 0 unspecified atom stereocenters. The van der Waals surface area contributed by atoms with Gasteiger partial charge in [-0.3, -0.25) is 9.69 Å². The van der Waals surface area contributed by atoms with Crippen LogP contribution in [0.5, 0.6) is 0 Å². The molecule has 0 spiro atoms. The van der Waals surface area contributed by atoms with Crippen LogP contribution >= 0.6 is 0 Å². The van der Waals surface area contributed by atoms with Crippen molar-refractivity contribution >= 4 is 5.91 Å². The van der Waals surface area contributed by atoms with Crippen LogP contribution in [0.4, 0.5) is 8.78 Å². The molecule has 1 heterocycles. The predicted molar refractivity (Wildman–Crippen MR) is 57.5 cm³/mol. The molecular weight excluding hydrogens is 216 g/mol. The van der Waals surface area contributed by atoms with Crippen LogP contribution in [-0.2, 0) is 4.79 Å². The van der Waals surface area contributed by atoms with Crippen molar-refractivity contribution in [1.82, 2.24) is 15.5 Å². The number of piperazine rings is 1. The van der Waals surface area contributed by atoms with Gasteiger partial charge in [0.15, 0.2) is 0 Å². The Morgan fingerprint density at radius 1 is 1.44 bits per heavy atom. The van der Waals surface area contributed by atoms with Crippen molar-refractivity contribution < 1.29 is 13.6 Å². The Bertz CT molecular complexity index is 240. The van der Waals surface area contributed by atoms with Gasteiger partial charge >= 0.3 is 0 Å². The summed E-state index contributed by atoms with van der Waals surface area (Å²) in [6, 6.07) is 0. The Balaban J connectivity index is 2.50. The number of carbonyl (C=O) groups excluding carboxylic acids is 1. The van der Waals surface area contributed by atoms with E-state index in [9.17, 15) is 13.6 Å². The summed E-state index contributed by atoms with van der Waals surface area (Å²) in [5.74, 6) is -0.338. The Morgan fingerprint density at radius 3 is 2.50 bits per heavy atom. The number of hydrogen-bond donors (Lipinski definition) is 2. The summed E-state index contributed by atoms with van der Waals surface area (Å²) >= 11 is 0. The van der Waals surface area contributed by atoms with E-state index in [0.29, 0.717) is 0 Å². The second kappa shape index (κ2) is 5.54. The van der Waals surface area contributed by atoms with E-state index in [1.165, 1.54) is 0 Å². The monoisotopic (exact) mass is 235 g/mol. The van der Waals surface area contributed by atoms with Gasteiger partial charge in [0.1, 0.15) is 0 Å². The van der Waals surface area contributed by atoms with Crippen LogP contribution in [0.1, 0.15) is 13.8 Å². The Kier molecular flexibility index (Phi) is 4.61. The highest BCUT2D eigenvalue weighted by Crippen LogP contribution is 2.15. The summed E-state index contributed by atoms with van der Waals surface area (Å²) in [5.41, 5.74) is -0.725. The lowest BCUT2D eigenvalue weighted by atomic mass is 10.0. The quantitative estimate of drug-likeness (QED) is 0.724. The number of amides is 1. The third-order valence-corrected chi connectivity index (χ3v) is 2.88. The molecule has 2 N–H and O–H groups in total. The van der Waals surface area contributed by atoms with E-state index in [-0.39, 0.29) is 5.91 Å². The Hall–Kier alpha value is -0.750. The van der Waals surface area contributed by atoms with Gasteiger partial charge in [0.05, 0.1) is 12.1 Å². The summed E-state index contributed by atoms with van der Waals surface area (Å²) in [5, 5.41) is 5.45. The summed E-state index contributed by atoms with van der Waals surface area (Å²) in [6.07, 6.45) is -2.50. The van der Waals surface area contributed by atoms with Crippen LogP contribution in [-0.4, -0.2) is 55.5 Å². The first-order chi connectivity index (χ1) is 7.44. The lowest BCUT2D eigenvalue weighted by Crippen LogP contribution is -2.60. The van der Waals surface area contributed by atoms with Gasteiger partial charge in [-0.25, -0.2) is 8.78 Å². The molecule has 0 aromatic carbocycles. The van der Waals surface area contributed by atoms with Gasteiger partial charge in [0.25, 0.3) is 6.43 Å². The highest BCUT2D eigenvalue weighted by atomic mass is 19.3. The van der Waals surface area contributed by atoms with Crippen molar-refractivity contribution in [1.29, 1.82) is 0 Å². The molecule has 0 atom stereocenters. The van der Waals surface area contributed by atoms with Crippen molar-refractivity contribution in [2.24, 2.45) is 0 Å². The molecule has 0 aliphatic carbocycles. The molecule has 1 saturated heterocycles. The highest BCUT2D eigenvalue weighted by Gasteiger charge is 2.35. The van der Waals surface area contributed by atoms with E-state index in [4.69, 9.17) is 0 Å². The van der Waals surface area contributed by atoms with Gasteiger partial charge in [-0.1, -0.05) is 0 Å². The van der Waals surface area contributed by atoms with Crippen LogP contribution in [0.3, 0.4) is 0 Å². The number of nitrogens with zero attached hydrogens (tertiary/aromatic N) is 1. The minimum atomic E-state index is -2.50. The van der Waals surface area contributed by atoms with Gasteiger partial charge in [0, 0.05) is 26.2 Å². The molecule has 94 valence electrons. The van der Waals surface area contributed by atoms with Gasteiger partial charge in [-0.05, 0) is 13.8 Å². The highest BCUT2D eigenvalue weighted by molar-refractivity contribution is 5.85. The SMILES string of the molecule is CC(C)(C(=O)NCC(F)F)N1CCNCC1. The molecule has 1 aliphatic heterocycles. The van der Waals surface area contributed by atoms with Crippen LogP contribution in [0.2, 0.25) is 0 Å². The second-order valence-electron chi connectivity index (χ2n) is 4.40. The topological polar surface area (TPSA) is 44.4 Å². The largest absolute Gasteiger partial charge is 0.349 e. The molecular formula is C10H19F2N3O. The normalized spacial score (nSPS) is 18.8. The molecule has 0 radical (unpaired) electrons. The van der Waals surface area contributed by atoms with Crippen molar-refractivity contribution in [3.05, 3.63) is 0 Å². The van der Waals surface area contributed by atoms with Gasteiger partial charge in [-0.2, -0.15) is 0 Å².